The zero-order chi connectivity index (χ0) is 49.0. The average Bonchev–Trinajstić information content (AvgIpc) is 3.30. The zero-order valence-electron chi connectivity index (χ0n) is 38.0. The molecule has 362 valence electrons. The number of alkyl carbamates (subject to hydrolysis) is 1. The topological polar surface area (TPSA) is 191 Å². The Morgan fingerprint density at radius 1 is 0.761 bits per heavy atom. The molecule has 1 unspecified atom stereocenters. The standard InChI is InChI=1S/C49H59F5N6O7/c1-5-7-10-17-32-27-34-31(18-15-19-36(34)58-46(32)55)16-11-9-14-26-56-49(65)66-28-30-22-24-33(25-23-30)57-47(63)35(6-2)59-48(64)44(29(3)4)60-37(61)20-12-8-13-21-38(62)67-45-42(53)40(51)39(50)41(52)43(45)54/h6,15,18-19,22-25,27,29,35,44H,2,5,7-14,16-17,20-21,26,28H2,1,3-4H3,(H2,55,58)(H,56,65)(H,57,63)(H,59,64)(H,60,61)/t35?,44-/m0/s1. The molecule has 0 saturated carbocycles. The lowest BCUT2D eigenvalue weighted by atomic mass is 9.99. The van der Waals surface area contributed by atoms with Crippen LogP contribution in [0.1, 0.15) is 108 Å². The summed E-state index contributed by atoms with van der Waals surface area (Å²) in [5.41, 5.74) is 10.5. The normalized spacial score (nSPS) is 12.0. The Bertz CT molecular complexity index is 2340. The Kier molecular flexibility index (Phi) is 21.0. The molecule has 0 aliphatic heterocycles. The SMILES string of the molecule is C=CC(NC(=O)[C@@H](NC(=O)CCCCCC(=O)Oc1c(F)c(F)c(F)c(F)c1F)C(C)C)C(=O)Nc1ccc(COC(=O)NCCCCCc2cccc3nc(N)c(CCCCC)cc23)cc1. The molecule has 6 N–H and O–H groups in total. The minimum atomic E-state index is -2.38. The molecule has 0 bridgehead atoms. The van der Waals surface area contributed by atoms with Crippen molar-refractivity contribution in [2.75, 3.05) is 17.6 Å². The molecule has 67 heavy (non-hydrogen) atoms. The zero-order valence-corrected chi connectivity index (χ0v) is 38.0. The summed E-state index contributed by atoms with van der Waals surface area (Å²) in [6.07, 6.45) is 8.50. The van der Waals surface area contributed by atoms with E-state index < -0.39 is 89.0 Å². The molecule has 0 fully saturated rings. The van der Waals surface area contributed by atoms with E-state index in [0.717, 1.165) is 67.8 Å². The van der Waals surface area contributed by atoms with Gasteiger partial charge in [0.2, 0.25) is 46.6 Å². The minimum absolute atomic E-state index is 0.00158. The maximum atomic E-state index is 13.8. The predicted molar refractivity (Wildman–Crippen MR) is 244 cm³/mol. The third-order valence-corrected chi connectivity index (χ3v) is 10.8. The maximum absolute atomic E-state index is 13.8. The van der Waals surface area contributed by atoms with E-state index in [4.69, 9.17) is 10.5 Å². The molecular weight excluding hydrogens is 880 g/mol. The molecule has 13 nitrogen and oxygen atoms in total. The first-order valence-electron chi connectivity index (χ1n) is 22.5. The van der Waals surface area contributed by atoms with Crippen LogP contribution in [0, 0.1) is 35.0 Å². The molecular formula is C49H59F5N6O7. The molecule has 0 aliphatic carbocycles. The highest BCUT2D eigenvalue weighted by molar-refractivity contribution is 5.99. The number of ether oxygens (including phenoxy) is 2. The smallest absolute Gasteiger partial charge is 0.407 e. The van der Waals surface area contributed by atoms with Crippen LogP contribution in [0.15, 0.2) is 61.2 Å². The van der Waals surface area contributed by atoms with Gasteiger partial charge in [0.25, 0.3) is 5.91 Å². The van der Waals surface area contributed by atoms with Crippen molar-refractivity contribution in [2.45, 2.75) is 123 Å². The maximum Gasteiger partial charge on any atom is 0.407 e. The van der Waals surface area contributed by atoms with Gasteiger partial charge in [0, 0.05) is 30.5 Å². The van der Waals surface area contributed by atoms with Gasteiger partial charge >= 0.3 is 12.1 Å². The van der Waals surface area contributed by atoms with Crippen LogP contribution in [0.3, 0.4) is 0 Å². The van der Waals surface area contributed by atoms with Crippen LogP contribution in [0.2, 0.25) is 0 Å². The Morgan fingerprint density at radius 3 is 2.07 bits per heavy atom. The average molecular weight is 939 g/mol. The van der Waals surface area contributed by atoms with E-state index >= 15 is 0 Å². The van der Waals surface area contributed by atoms with Gasteiger partial charge in [-0.05, 0) is 91.8 Å². The van der Waals surface area contributed by atoms with E-state index in [1.807, 2.05) is 12.1 Å². The number of carbonyl (C=O) groups is 5. The van der Waals surface area contributed by atoms with Gasteiger partial charge in [0.1, 0.15) is 24.5 Å². The van der Waals surface area contributed by atoms with Crippen LogP contribution in [0.5, 0.6) is 5.75 Å². The lowest BCUT2D eigenvalue weighted by Crippen LogP contribution is -2.54. The van der Waals surface area contributed by atoms with Crippen molar-refractivity contribution in [1.29, 1.82) is 0 Å². The van der Waals surface area contributed by atoms with Crippen LogP contribution in [-0.4, -0.2) is 53.4 Å². The van der Waals surface area contributed by atoms with Gasteiger partial charge in [-0.1, -0.05) is 76.8 Å². The van der Waals surface area contributed by atoms with Gasteiger partial charge in [0.05, 0.1) is 5.52 Å². The highest BCUT2D eigenvalue weighted by atomic mass is 19.2. The number of nitrogen functional groups attached to an aromatic ring is 1. The van der Waals surface area contributed by atoms with Crippen LogP contribution in [0.25, 0.3) is 10.9 Å². The Labute approximate surface area is 386 Å². The summed E-state index contributed by atoms with van der Waals surface area (Å²) in [6.45, 7) is 9.65. The first kappa shape index (κ1) is 53.0. The summed E-state index contributed by atoms with van der Waals surface area (Å²) < 4.78 is 77.3. The number of amides is 4. The van der Waals surface area contributed by atoms with Crippen molar-refractivity contribution in [3.8, 4) is 5.75 Å². The molecule has 0 saturated heterocycles. The van der Waals surface area contributed by atoms with Gasteiger partial charge in [-0.25, -0.2) is 22.9 Å². The number of fused-ring (bicyclic) bond motifs is 1. The number of unbranched alkanes of at least 4 members (excludes halogenated alkanes) is 6. The fraction of sp³-hybridized carbons (Fsp3) is 0.429. The summed E-state index contributed by atoms with van der Waals surface area (Å²) in [4.78, 5) is 68.0. The van der Waals surface area contributed by atoms with Gasteiger partial charge in [-0.15, -0.1) is 6.58 Å². The summed E-state index contributed by atoms with van der Waals surface area (Å²) in [5, 5.41) is 11.8. The minimum Gasteiger partial charge on any atom is -0.445 e. The molecule has 18 heteroatoms. The number of rotatable bonds is 26. The molecule has 1 aromatic heterocycles. The first-order valence-corrected chi connectivity index (χ1v) is 22.5. The number of carbonyl (C=O) groups excluding carboxylic acids is 5. The van der Waals surface area contributed by atoms with Gasteiger partial charge in [-0.3, -0.25) is 19.2 Å². The van der Waals surface area contributed by atoms with Gasteiger partial charge in [0.15, 0.2) is 0 Å². The number of hydrogen-bond donors (Lipinski definition) is 5. The number of pyridine rings is 1. The molecule has 4 amide bonds. The number of nitrogens with two attached hydrogens (primary N) is 1. The Balaban J connectivity index is 1.12. The third-order valence-electron chi connectivity index (χ3n) is 10.8. The molecule has 0 radical (unpaired) electrons. The monoisotopic (exact) mass is 938 g/mol. The Hall–Kier alpha value is -6.59. The molecule has 4 aromatic rings. The highest BCUT2D eigenvalue weighted by Crippen LogP contribution is 2.30. The van der Waals surface area contributed by atoms with E-state index in [1.165, 1.54) is 11.6 Å². The van der Waals surface area contributed by atoms with Gasteiger partial charge < -0.3 is 36.5 Å². The number of benzene rings is 3. The van der Waals surface area contributed by atoms with Crippen molar-refractivity contribution < 1.29 is 55.4 Å². The van der Waals surface area contributed by atoms with E-state index in [1.54, 1.807) is 38.1 Å². The number of hydrogen-bond acceptors (Lipinski definition) is 9. The summed E-state index contributed by atoms with van der Waals surface area (Å²) >= 11 is 0. The second-order valence-electron chi connectivity index (χ2n) is 16.4. The largest absolute Gasteiger partial charge is 0.445 e. The number of aromatic nitrogens is 1. The summed E-state index contributed by atoms with van der Waals surface area (Å²) in [7, 11) is 0. The van der Waals surface area contributed by atoms with Gasteiger partial charge in [-0.2, -0.15) is 8.78 Å². The number of esters is 1. The lowest BCUT2D eigenvalue weighted by molar-refractivity contribution is -0.135. The first-order chi connectivity index (χ1) is 32.0. The fourth-order valence-corrected chi connectivity index (χ4v) is 7.03. The van der Waals surface area contributed by atoms with E-state index in [-0.39, 0.29) is 32.3 Å². The van der Waals surface area contributed by atoms with E-state index in [2.05, 4.69) is 56.6 Å². The van der Waals surface area contributed by atoms with Crippen molar-refractivity contribution in [3.05, 3.63) is 107 Å². The van der Waals surface area contributed by atoms with Crippen molar-refractivity contribution in [3.63, 3.8) is 0 Å². The fourth-order valence-electron chi connectivity index (χ4n) is 7.03. The number of nitrogens with zero attached hydrogens (tertiary/aromatic N) is 1. The van der Waals surface area contributed by atoms with E-state index in [0.29, 0.717) is 23.6 Å². The second kappa shape index (κ2) is 26.5. The molecule has 2 atom stereocenters. The molecule has 1 heterocycles. The number of halogens is 5. The molecule has 0 aliphatic rings. The third kappa shape index (κ3) is 16.1. The molecule has 3 aromatic carbocycles. The quantitative estimate of drug-likeness (QED) is 0.00777. The Morgan fingerprint density at radius 2 is 1.40 bits per heavy atom. The van der Waals surface area contributed by atoms with E-state index in [9.17, 15) is 45.9 Å². The molecule has 4 rings (SSSR count). The van der Waals surface area contributed by atoms with Crippen molar-refractivity contribution in [2.24, 2.45) is 5.92 Å². The van der Waals surface area contributed by atoms with Crippen LogP contribution in [-0.2, 0) is 43.4 Å². The second-order valence-corrected chi connectivity index (χ2v) is 16.4. The summed E-state index contributed by atoms with van der Waals surface area (Å²) in [5.74, 6) is -15.9. The molecule has 0 spiro atoms. The van der Waals surface area contributed by atoms with Crippen LogP contribution >= 0.6 is 0 Å². The van der Waals surface area contributed by atoms with Crippen LogP contribution in [0.4, 0.5) is 38.3 Å². The lowest BCUT2D eigenvalue weighted by Gasteiger charge is -2.24. The van der Waals surface area contributed by atoms with Crippen LogP contribution < -0.4 is 31.7 Å². The number of anilines is 2. The predicted octanol–water partition coefficient (Wildman–Crippen LogP) is 9.19. The highest BCUT2D eigenvalue weighted by Gasteiger charge is 2.29. The number of aryl methyl sites for hydroxylation is 2. The number of nitrogens with one attached hydrogen (secondary N) is 4. The van der Waals surface area contributed by atoms with Crippen molar-refractivity contribution in [1.82, 2.24) is 20.9 Å². The summed E-state index contributed by atoms with van der Waals surface area (Å²) in [6, 6.07) is 12.7. The van der Waals surface area contributed by atoms with Crippen molar-refractivity contribution >= 4 is 52.2 Å².